The van der Waals surface area contributed by atoms with E-state index in [1.54, 1.807) is 23.1 Å². The summed E-state index contributed by atoms with van der Waals surface area (Å²) in [4.78, 5) is 0. The average molecular weight is 192 g/mol. The van der Waals surface area contributed by atoms with Crippen LogP contribution in [0.2, 0.25) is 0 Å². The summed E-state index contributed by atoms with van der Waals surface area (Å²) in [5, 5.41) is 3.89. The normalized spacial score (nSPS) is 11.9. The van der Waals surface area contributed by atoms with Crippen LogP contribution in [0.1, 0.15) is 19.3 Å². The van der Waals surface area contributed by atoms with Crippen molar-refractivity contribution in [1.82, 2.24) is 9.78 Å². The Balaban J connectivity index is 2.09. The summed E-state index contributed by atoms with van der Waals surface area (Å²) in [5.41, 5.74) is 0. The molecule has 1 heterocycles. The summed E-state index contributed by atoms with van der Waals surface area (Å²) in [5.74, 6) is 0. The van der Waals surface area contributed by atoms with E-state index in [0.29, 0.717) is 13.0 Å². The summed E-state index contributed by atoms with van der Waals surface area (Å²) in [7, 11) is 0. The fourth-order valence-corrected chi connectivity index (χ4v) is 1.03. The van der Waals surface area contributed by atoms with Gasteiger partial charge in [0, 0.05) is 25.4 Å². The molecule has 0 amide bonds. The highest BCUT2D eigenvalue weighted by atomic mass is 19.4. The first-order valence-electron chi connectivity index (χ1n) is 4.12. The zero-order valence-corrected chi connectivity index (χ0v) is 7.09. The van der Waals surface area contributed by atoms with Crippen molar-refractivity contribution in [2.24, 2.45) is 0 Å². The Morgan fingerprint density at radius 3 is 2.54 bits per heavy atom. The van der Waals surface area contributed by atoms with Crippen LogP contribution in [-0.4, -0.2) is 16.0 Å². The number of nitrogens with zero attached hydrogens (tertiary/aromatic N) is 2. The highest BCUT2D eigenvalue weighted by molar-refractivity contribution is 4.77. The second-order valence-electron chi connectivity index (χ2n) is 2.84. The Morgan fingerprint density at radius 1 is 1.23 bits per heavy atom. The maximum Gasteiger partial charge on any atom is 0.389 e. The zero-order chi connectivity index (χ0) is 9.73. The van der Waals surface area contributed by atoms with E-state index in [-0.39, 0.29) is 6.42 Å². The standard InChI is InChI=1S/C8H11F3N2/c9-8(10,11)4-1-2-6-13-7-3-5-12-13/h3,5,7H,1-2,4,6H2. The summed E-state index contributed by atoms with van der Waals surface area (Å²) >= 11 is 0. The Labute approximate surface area is 74.4 Å². The summed E-state index contributed by atoms with van der Waals surface area (Å²) in [6.45, 7) is 0.559. The Hall–Kier alpha value is -1.00. The molecule has 1 rings (SSSR count). The van der Waals surface area contributed by atoms with Gasteiger partial charge in [0.2, 0.25) is 0 Å². The molecule has 0 unspecified atom stereocenters. The van der Waals surface area contributed by atoms with Crippen LogP contribution in [0.5, 0.6) is 0 Å². The molecule has 74 valence electrons. The summed E-state index contributed by atoms with van der Waals surface area (Å²) in [6, 6.07) is 1.75. The first kappa shape index (κ1) is 10.1. The molecule has 0 bridgehead atoms. The number of aryl methyl sites for hydroxylation is 1. The van der Waals surface area contributed by atoms with E-state index in [4.69, 9.17) is 0 Å². The molecule has 2 nitrogen and oxygen atoms in total. The van der Waals surface area contributed by atoms with Crippen molar-refractivity contribution in [3.8, 4) is 0 Å². The quantitative estimate of drug-likeness (QED) is 0.670. The third-order valence-electron chi connectivity index (χ3n) is 1.66. The number of alkyl halides is 3. The topological polar surface area (TPSA) is 17.8 Å². The third-order valence-corrected chi connectivity index (χ3v) is 1.66. The summed E-state index contributed by atoms with van der Waals surface area (Å²) < 4.78 is 36.7. The summed E-state index contributed by atoms with van der Waals surface area (Å²) in [6.07, 6.45) is -0.680. The molecular weight excluding hydrogens is 181 g/mol. The van der Waals surface area contributed by atoms with Crippen LogP contribution in [0.25, 0.3) is 0 Å². The van der Waals surface area contributed by atoms with Gasteiger partial charge in [0.25, 0.3) is 0 Å². The number of hydrogen-bond donors (Lipinski definition) is 0. The van der Waals surface area contributed by atoms with Crippen LogP contribution in [0.3, 0.4) is 0 Å². The fraction of sp³-hybridized carbons (Fsp3) is 0.625. The minimum Gasteiger partial charge on any atom is -0.273 e. The first-order valence-corrected chi connectivity index (χ1v) is 4.12. The third kappa shape index (κ3) is 4.55. The molecule has 1 aromatic rings. The molecule has 5 heteroatoms. The minimum atomic E-state index is -4.02. The lowest BCUT2D eigenvalue weighted by Crippen LogP contribution is -2.07. The lowest BCUT2D eigenvalue weighted by Gasteiger charge is -2.05. The molecule has 0 saturated carbocycles. The van der Waals surface area contributed by atoms with Gasteiger partial charge in [0.05, 0.1) is 0 Å². The second kappa shape index (κ2) is 4.30. The van der Waals surface area contributed by atoms with E-state index in [2.05, 4.69) is 5.10 Å². The van der Waals surface area contributed by atoms with Gasteiger partial charge in [0.1, 0.15) is 0 Å². The van der Waals surface area contributed by atoms with Gasteiger partial charge >= 0.3 is 6.18 Å². The number of unbranched alkanes of at least 4 members (excludes halogenated alkanes) is 1. The van der Waals surface area contributed by atoms with Crippen molar-refractivity contribution in [3.05, 3.63) is 18.5 Å². The van der Waals surface area contributed by atoms with Gasteiger partial charge in [-0.15, -0.1) is 0 Å². The molecule has 0 aromatic carbocycles. The Kier molecular flexibility index (Phi) is 3.33. The molecule has 13 heavy (non-hydrogen) atoms. The lowest BCUT2D eigenvalue weighted by molar-refractivity contribution is -0.135. The fourth-order valence-electron chi connectivity index (χ4n) is 1.03. The minimum absolute atomic E-state index is 0.170. The van der Waals surface area contributed by atoms with E-state index in [9.17, 15) is 13.2 Å². The van der Waals surface area contributed by atoms with Gasteiger partial charge in [-0.05, 0) is 18.9 Å². The molecule has 0 atom stereocenters. The first-order chi connectivity index (χ1) is 6.08. The molecule has 0 saturated heterocycles. The number of rotatable bonds is 4. The van der Waals surface area contributed by atoms with Crippen molar-refractivity contribution in [3.63, 3.8) is 0 Å². The number of halogens is 3. The lowest BCUT2D eigenvalue weighted by atomic mass is 10.2. The van der Waals surface area contributed by atoms with Crippen molar-refractivity contribution < 1.29 is 13.2 Å². The van der Waals surface area contributed by atoms with Gasteiger partial charge in [-0.3, -0.25) is 4.68 Å². The van der Waals surface area contributed by atoms with Crippen LogP contribution >= 0.6 is 0 Å². The van der Waals surface area contributed by atoms with Crippen LogP contribution in [-0.2, 0) is 6.54 Å². The van der Waals surface area contributed by atoms with Gasteiger partial charge < -0.3 is 0 Å². The van der Waals surface area contributed by atoms with Crippen LogP contribution in [0.4, 0.5) is 13.2 Å². The Morgan fingerprint density at radius 2 is 2.00 bits per heavy atom. The molecule has 0 N–H and O–H groups in total. The maximum atomic E-state index is 11.7. The largest absolute Gasteiger partial charge is 0.389 e. The second-order valence-corrected chi connectivity index (χ2v) is 2.84. The molecule has 0 radical (unpaired) electrons. The highest BCUT2D eigenvalue weighted by Gasteiger charge is 2.25. The molecule has 1 aromatic heterocycles. The van der Waals surface area contributed by atoms with E-state index < -0.39 is 12.6 Å². The van der Waals surface area contributed by atoms with Crippen molar-refractivity contribution >= 4 is 0 Å². The van der Waals surface area contributed by atoms with Crippen molar-refractivity contribution in [2.75, 3.05) is 0 Å². The molecule has 0 aliphatic rings. The number of hydrogen-bond acceptors (Lipinski definition) is 1. The zero-order valence-electron chi connectivity index (χ0n) is 7.09. The van der Waals surface area contributed by atoms with E-state index >= 15 is 0 Å². The predicted molar refractivity (Wildman–Crippen MR) is 42.1 cm³/mol. The maximum absolute atomic E-state index is 11.7. The van der Waals surface area contributed by atoms with Crippen LogP contribution < -0.4 is 0 Å². The van der Waals surface area contributed by atoms with Crippen molar-refractivity contribution in [1.29, 1.82) is 0 Å². The van der Waals surface area contributed by atoms with Gasteiger partial charge in [-0.1, -0.05) is 0 Å². The van der Waals surface area contributed by atoms with Crippen LogP contribution in [0.15, 0.2) is 18.5 Å². The monoisotopic (exact) mass is 192 g/mol. The number of aromatic nitrogens is 2. The molecule has 0 spiro atoms. The van der Waals surface area contributed by atoms with Crippen molar-refractivity contribution in [2.45, 2.75) is 32.0 Å². The molecule has 0 aliphatic carbocycles. The smallest absolute Gasteiger partial charge is 0.273 e. The molecule has 0 aliphatic heterocycles. The van der Waals surface area contributed by atoms with E-state index in [1.165, 1.54) is 0 Å². The highest BCUT2D eigenvalue weighted by Crippen LogP contribution is 2.22. The van der Waals surface area contributed by atoms with Gasteiger partial charge in [-0.2, -0.15) is 18.3 Å². The predicted octanol–water partition coefficient (Wildman–Crippen LogP) is 2.62. The Bertz CT molecular complexity index is 228. The SMILES string of the molecule is FC(F)(F)CCCCn1cccn1. The van der Waals surface area contributed by atoms with Crippen LogP contribution in [0, 0.1) is 0 Å². The van der Waals surface area contributed by atoms with Gasteiger partial charge in [0.15, 0.2) is 0 Å². The van der Waals surface area contributed by atoms with Gasteiger partial charge in [-0.25, -0.2) is 0 Å². The molecule has 0 fully saturated rings. The van der Waals surface area contributed by atoms with E-state index in [1.807, 2.05) is 0 Å². The van der Waals surface area contributed by atoms with E-state index in [0.717, 1.165) is 0 Å². The average Bonchev–Trinajstić information content (AvgIpc) is 2.48. The molecular formula is C8H11F3N2.